The van der Waals surface area contributed by atoms with E-state index in [4.69, 9.17) is 14.2 Å². The van der Waals surface area contributed by atoms with Crippen molar-refractivity contribution >= 4 is 17.5 Å². The quantitative estimate of drug-likeness (QED) is 0.270. The number of halogens is 6. The molecule has 6 nitrogen and oxygen atoms in total. The van der Waals surface area contributed by atoms with Gasteiger partial charge in [0.05, 0.1) is 29.6 Å². The van der Waals surface area contributed by atoms with Gasteiger partial charge in [-0.1, -0.05) is 17.7 Å². The molecule has 1 aromatic heterocycles. The second-order valence-electron chi connectivity index (χ2n) is 12.1. The number of benzene rings is 1. The number of aryl methyl sites for hydroxylation is 3. The molecule has 3 aliphatic rings. The SMILES string of the molecule is Cc1cc(C)c(C2=C(OC(=O)OC(C)(C)C)[C@@H]3[C@H](C2=O)[C@@H]2O[C@H]3CC2c2cc(C(F)(F)F)nc(C(F)(F)F)c2)c(C)c1. The molecule has 1 aliphatic carbocycles. The molecule has 1 unspecified atom stereocenters. The fourth-order valence-corrected chi connectivity index (χ4v) is 6.52. The van der Waals surface area contributed by atoms with Crippen LogP contribution < -0.4 is 0 Å². The summed E-state index contributed by atoms with van der Waals surface area (Å²) in [6.07, 6.45) is -13.1. The van der Waals surface area contributed by atoms with Gasteiger partial charge in [0.2, 0.25) is 0 Å². The number of pyridine rings is 1. The maximum Gasteiger partial charge on any atom is 0.514 e. The summed E-state index contributed by atoms with van der Waals surface area (Å²) in [4.78, 5) is 29.8. The van der Waals surface area contributed by atoms with Gasteiger partial charge in [-0.2, -0.15) is 26.3 Å². The molecule has 1 aromatic carbocycles. The average Bonchev–Trinajstić information content (AvgIpc) is 3.48. The molecule has 42 heavy (non-hydrogen) atoms. The first-order chi connectivity index (χ1) is 19.3. The molecule has 2 saturated heterocycles. The van der Waals surface area contributed by atoms with E-state index in [0.29, 0.717) is 17.7 Å². The molecule has 2 aromatic rings. The van der Waals surface area contributed by atoms with Crippen LogP contribution in [0.25, 0.3) is 5.57 Å². The first-order valence-corrected chi connectivity index (χ1v) is 13.4. The van der Waals surface area contributed by atoms with Gasteiger partial charge in [-0.25, -0.2) is 9.78 Å². The number of ether oxygens (including phenoxy) is 3. The Morgan fingerprint density at radius 3 is 1.95 bits per heavy atom. The number of Topliss-reactive ketones (excluding diaryl/α,β-unsaturated/α-hetero) is 1. The van der Waals surface area contributed by atoms with E-state index < -0.39 is 71.2 Å². The topological polar surface area (TPSA) is 74.7 Å². The van der Waals surface area contributed by atoms with Crippen molar-refractivity contribution in [3.05, 3.63) is 69.2 Å². The Balaban J connectivity index is 1.59. The van der Waals surface area contributed by atoms with Crippen LogP contribution in [0.2, 0.25) is 0 Å². The van der Waals surface area contributed by atoms with Gasteiger partial charge in [-0.3, -0.25) is 4.79 Å². The van der Waals surface area contributed by atoms with Crippen LogP contribution >= 0.6 is 0 Å². The van der Waals surface area contributed by atoms with Crippen molar-refractivity contribution in [2.45, 2.75) is 84.0 Å². The van der Waals surface area contributed by atoms with Crippen molar-refractivity contribution in [3.8, 4) is 0 Å². The van der Waals surface area contributed by atoms with Gasteiger partial charge >= 0.3 is 18.5 Å². The zero-order chi connectivity index (χ0) is 31.1. The third kappa shape index (κ3) is 5.29. The van der Waals surface area contributed by atoms with Gasteiger partial charge in [-0.15, -0.1) is 0 Å². The number of carbonyl (C=O) groups excluding carboxylic acids is 2. The summed E-state index contributed by atoms with van der Waals surface area (Å²) in [5.41, 5.74) is -1.41. The molecule has 0 radical (unpaired) electrons. The number of nitrogens with zero attached hydrogens (tertiary/aromatic N) is 1. The molecule has 2 bridgehead atoms. The molecule has 0 spiro atoms. The number of alkyl halides is 6. The molecule has 2 fully saturated rings. The van der Waals surface area contributed by atoms with Crippen molar-refractivity contribution in [2.75, 3.05) is 0 Å². The zero-order valence-corrected chi connectivity index (χ0v) is 23.7. The number of hydrogen-bond donors (Lipinski definition) is 0. The smallest absolute Gasteiger partial charge is 0.428 e. The van der Waals surface area contributed by atoms with E-state index in [1.165, 1.54) is 0 Å². The highest BCUT2D eigenvalue weighted by molar-refractivity contribution is 6.26. The van der Waals surface area contributed by atoms with E-state index >= 15 is 0 Å². The third-order valence-corrected chi connectivity index (χ3v) is 7.82. The van der Waals surface area contributed by atoms with Crippen LogP contribution in [0.1, 0.15) is 72.3 Å². The van der Waals surface area contributed by atoms with Gasteiger partial charge in [-0.05, 0) is 82.3 Å². The van der Waals surface area contributed by atoms with E-state index in [2.05, 4.69) is 4.98 Å². The summed E-state index contributed by atoms with van der Waals surface area (Å²) in [7, 11) is 0. The second kappa shape index (κ2) is 9.82. The highest BCUT2D eigenvalue weighted by Gasteiger charge is 2.64. The summed E-state index contributed by atoms with van der Waals surface area (Å²) in [6, 6.07) is 4.90. The minimum absolute atomic E-state index is 0.0119. The van der Waals surface area contributed by atoms with E-state index in [1.807, 2.05) is 19.1 Å². The van der Waals surface area contributed by atoms with Gasteiger partial charge in [0.1, 0.15) is 22.7 Å². The maximum absolute atomic E-state index is 14.1. The van der Waals surface area contributed by atoms with Crippen LogP contribution in [0.5, 0.6) is 0 Å². The number of allylic oxidation sites excluding steroid dienone is 1. The Hall–Kier alpha value is -3.41. The predicted molar refractivity (Wildman–Crippen MR) is 137 cm³/mol. The lowest BCUT2D eigenvalue weighted by molar-refractivity contribution is -0.150. The summed E-state index contributed by atoms with van der Waals surface area (Å²) >= 11 is 0. The largest absolute Gasteiger partial charge is 0.514 e. The van der Waals surface area contributed by atoms with Gasteiger partial charge in [0.25, 0.3) is 0 Å². The molecule has 5 rings (SSSR count). The van der Waals surface area contributed by atoms with E-state index in [1.54, 1.807) is 34.6 Å². The second-order valence-corrected chi connectivity index (χ2v) is 12.1. The van der Waals surface area contributed by atoms with Crippen LogP contribution in [0, 0.1) is 32.6 Å². The summed E-state index contributed by atoms with van der Waals surface area (Å²) < 4.78 is 98.3. The normalized spacial score (nSPS) is 25.7. The first kappa shape index (κ1) is 30.1. The fourth-order valence-electron chi connectivity index (χ4n) is 6.52. The Morgan fingerprint density at radius 2 is 1.45 bits per heavy atom. The minimum Gasteiger partial charge on any atom is -0.428 e. The molecule has 226 valence electrons. The number of hydrogen-bond acceptors (Lipinski definition) is 6. The number of fused-ring (bicyclic) bond motifs is 5. The van der Waals surface area contributed by atoms with E-state index in [-0.39, 0.29) is 23.3 Å². The van der Waals surface area contributed by atoms with Crippen molar-refractivity contribution in [3.63, 3.8) is 0 Å². The Bertz CT molecular complexity index is 1450. The monoisotopic (exact) mass is 597 g/mol. The van der Waals surface area contributed by atoms with Gasteiger partial charge in [0.15, 0.2) is 5.78 Å². The van der Waals surface area contributed by atoms with Crippen LogP contribution in [0.4, 0.5) is 31.1 Å². The van der Waals surface area contributed by atoms with E-state index in [0.717, 1.165) is 16.7 Å². The van der Waals surface area contributed by atoms with Crippen LogP contribution in [0.3, 0.4) is 0 Å². The van der Waals surface area contributed by atoms with Gasteiger partial charge < -0.3 is 14.2 Å². The molecule has 5 atom stereocenters. The van der Waals surface area contributed by atoms with Crippen molar-refractivity contribution in [2.24, 2.45) is 11.8 Å². The maximum atomic E-state index is 14.1. The van der Waals surface area contributed by atoms with Crippen molar-refractivity contribution < 1.29 is 50.1 Å². The lowest BCUT2D eigenvalue weighted by Crippen LogP contribution is -2.35. The van der Waals surface area contributed by atoms with Crippen LogP contribution in [-0.2, 0) is 31.4 Å². The molecular weight excluding hydrogens is 568 g/mol. The summed E-state index contributed by atoms with van der Waals surface area (Å²) in [5.74, 6) is -3.12. The summed E-state index contributed by atoms with van der Waals surface area (Å²) in [6.45, 7) is 10.4. The highest BCUT2D eigenvalue weighted by atomic mass is 19.4. The average molecular weight is 598 g/mol. The van der Waals surface area contributed by atoms with Crippen LogP contribution in [-0.4, -0.2) is 34.7 Å². The highest BCUT2D eigenvalue weighted by Crippen LogP contribution is 2.59. The standard InChI is InChI=1S/C30H29F6NO5/c1-12-7-13(2)20(14(3)8-12)22-24(38)23-21(26(22)41-27(39)42-28(4,5)6)17-11-16(25(23)40-17)15-9-18(29(31,32)33)37-19(10-15)30(34,35)36/h7-10,16-17,21,23,25H,11H2,1-6H3/t16?,17-,21-,23+,25+/m0/s1. The molecule has 0 N–H and O–H groups in total. The summed E-state index contributed by atoms with van der Waals surface area (Å²) in [5, 5.41) is 0. The Labute approximate surface area is 238 Å². The number of aromatic nitrogens is 1. The molecule has 3 heterocycles. The number of ketones is 1. The molecule has 12 heteroatoms. The number of carbonyl (C=O) groups is 2. The predicted octanol–water partition coefficient (Wildman–Crippen LogP) is 7.48. The minimum atomic E-state index is -5.12. The fraction of sp³-hybridized carbons (Fsp3) is 0.500. The van der Waals surface area contributed by atoms with Crippen LogP contribution in [0.15, 0.2) is 30.0 Å². The van der Waals surface area contributed by atoms with Crippen molar-refractivity contribution in [1.82, 2.24) is 4.98 Å². The Kier molecular flexibility index (Phi) is 7.03. The zero-order valence-electron chi connectivity index (χ0n) is 23.7. The lowest BCUT2D eigenvalue weighted by Gasteiger charge is -2.29. The lowest BCUT2D eigenvalue weighted by atomic mass is 9.72. The van der Waals surface area contributed by atoms with Gasteiger partial charge in [0, 0.05) is 5.92 Å². The number of rotatable bonds is 3. The Morgan fingerprint density at radius 1 is 0.905 bits per heavy atom. The molecular formula is C30H29F6NO5. The van der Waals surface area contributed by atoms with Crippen molar-refractivity contribution in [1.29, 1.82) is 0 Å². The molecule has 0 saturated carbocycles. The third-order valence-electron chi connectivity index (χ3n) is 7.82. The molecule has 0 amide bonds. The molecule has 2 aliphatic heterocycles. The van der Waals surface area contributed by atoms with E-state index in [9.17, 15) is 35.9 Å². The first-order valence-electron chi connectivity index (χ1n) is 13.4.